The Bertz CT molecular complexity index is 361. The van der Waals surface area contributed by atoms with E-state index < -0.39 is 4.93 Å². The maximum absolute atomic E-state index is 10.5. The van der Waals surface area contributed by atoms with E-state index in [1.54, 1.807) is 11.8 Å². The quantitative estimate of drug-likeness (QED) is 0.739. The van der Waals surface area contributed by atoms with Crippen LogP contribution in [0.2, 0.25) is 0 Å². The molecule has 1 aliphatic carbocycles. The molecule has 0 bridgehead atoms. The Labute approximate surface area is 103 Å². The first kappa shape index (κ1) is 12.3. The van der Waals surface area contributed by atoms with Crippen molar-refractivity contribution in [3.8, 4) is 0 Å². The third-order valence-electron chi connectivity index (χ3n) is 3.55. The van der Waals surface area contributed by atoms with Gasteiger partial charge in [-0.05, 0) is 23.3 Å². The minimum atomic E-state index is -0.656. The molecule has 1 fully saturated rings. The molecule has 0 amide bonds. The summed E-state index contributed by atoms with van der Waals surface area (Å²) in [5.74, 6) is 0. The average Bonchev–Trinajstić information content (AvgIpc) is 2.68. The molecule has 2 aliphatic rings. The average molecular weight is 238 g/mol. The number of rotatable bonds is 2. The van der Waals surface area contributed by atoms with E-state index in [-0.39, 0.29) is 15.6 Å². The molecule has 1 N–H and O–H groups in total. The zero-order valence-electron chi connectivity index (χ0n) is 10.9. The van der Waals surface area contributed by atoms with Gasteiger partial charge in [0.25, 0.3) is 0 Å². The molecule has 0 spiro atoms. The van der Waals surface area contributed by atoms with Gasteiger partial charge in [-0.3, -0.25) is 0 Å². The lowest BCUT2D eigenvalue weighted by Gasteiger charge is -2.39. The molecule has 90 valence electrons. The highest BCUT2D eigenvalue weighted by atomic mass is 32.2. The molecule has 2 heteroatoms. The largest absolute Gasteiger partial charge is 0.374 e. The van der Waals surface area contributed by atoms with Gasteiger partial charge in [0, 0.05) is 0 Å². The number of thioether (sulfide) groups is 1. The van der Waals surface area contributed by atoms with Gasteiger partial charge >= 0.3 is 0 Å². The summed E-state index contributed by atoms with van der Waals surface area (Å²) < 4.78 is -0.109. The fraction of sp³-hybridized carbons (Fsp3) is 0.714. The van der Waals surface area contributed by atoms with Crippen molar-refractivity contribution in [2.75, 3.05) is 0 Å². The Hall–Kier alpha value is -0.210. The first-order valence-corrected chi connectivity index (χ1v) is 6.73. The van der Waals surface area contributed by atoms with E-state index in [4.69, 9.17) is 0 Å². The zero-order chi connectivity index (χ0) is 12.2. The highest BCUT2D eigenvalue weighted by Gasteiger charge is 2.72. The van der Waals surface area contributed by atoms with Crippen LogP contribution < -0.4 is 0 Å². The molecule has 1 aliphatic heterocycles. The summed E-state index contributed by atoms with van der Waals surface area (Å²) in [4.78, 5) is -0.656. The van der Waals surface area contributed by atoms with E-state index in [2.05, 4.69) is 46.8 Å². The first-order valence-electron chi connectivity index (χ1n) is 5.92. The van der Waals surface area contributed by atoms with Crippen molar-refractivity contribution in [2.24, 2.45) is 10.8 Å². The van der Waals surface area contributed by atoms with Crippen LogP contribution in [0.25, 0.3) is 0 Å². The van der Waals surface area contributed by atoms with Crippen LogP contribution >= 0.6 is 11.8 Å². The Kier molecular flexibility index (Phi) is 2.43. The Morgan fingerprint density at radius 3 is 2.12 bits per heavy atom. The lowest BCUT2D eigenvalue weighted by Crippen LogP contribution is -2.40. The van der Waals surface area contributed by atoms with Crippen LogP contribution in [0.1, 0.15) is 41.0 Å². The summed E-state index contributed by atoms with van der Waals surface area (Å²) in [6.07, 6.45) is 9.24. The lowest BCUT2D eigenvalue weighted by molar-refractivity contribution is 0.107. The van der Waals surface area contributed by atoms with Crippen molar-refractivity contribution in [1.29, 1.82) is 0 Å². The topological polar surface area (TPSA) is 20.2 Å². The molecule has 16 heavy (non-hydrogen) atoms. The van der Waals surface area contributed by atoms with Gasteiger partial charge in [-0.2, -0.15) is 0 Å². The van der Waals surface area contributed by atoms with Crippen molar-refractivity contribution in [2.45, 2.75) is 50.7 Å². The molecular formula is C14H22OS. The summed E-state index contributed by atoms with van der Waals surface area (Å²) in [7, 11) is 0. The summed E-state index contributed by atoms with van der Waals surface area (Å²) >= 11 is 1.68. The van der Waals surface area contributed by atoms with Crippen LogP contribution in [0.4, 0.5) is 0 Å². The molecule has 0 aromatic heterocycles. The SMILES string of the molecule is CC(C)(C)CC(C)(C)C12C=CC=CC1(O)S2. The van der Waals surface area contributed by atoms with E-state index in [0.29, 0.717) is 0 Å². The van der Waals surface area contributed by atoms with Gasteiger partial charge in [0.05, 0.1) is 4.75 Å². The molecule has 2 atom stereocenters. The number of fused-ring (bicyclic) bond motifs is 1. The van der Waals surface area contributed by atoms with E-state index in [1.807, 2.05) is 12.2 Å². The summed E-state index contributed by atoms with van der Waals surface area (Å²) in [6.45, 7) is 11.3. The summed E-state index contributed by atoms with van der Waals surface area (Å²) in [6, 6.07) is 0. The minimum absolute atomic E-state index is 0.103. The van der Waals surface area contributed by atoms with Crippen LogP contribution in [0.3, 0.4) is 0 Å². The van der Waals surface area contributed by atoms with Gasteiger partial charge in [-0.15, -0.1) is 11.8 Å². The highest BCUT2D eigenvalue weighted by molar-refractivity contribution is 8.10. The summed E-state index contributed by atoms with van der Waals surface area (Å²) in [5.41, 5.74) is 0.392. The van der Waals surface area contributed by atoms with Crippen molar-refractivity contribution >= 4 is 11.8 Å². The monoisotopic (exact) mass is 238 g/mol. The second-order valence-electron chi connectivity index (χ2n) is 6.87. The number of aliphatic hydroxyl groups is 1. The van der Waals surface area contributed by atoms with Crippen molar-refractivity contribution < 1.29 is 5.11 Å². The highest BCUT2D eigenvalue weighted by Crippen LogP contribution is 2.73. The number of hydrogen-bond acceptors (Lipinski definition) is 2. The van der Waals surface area contributed by atoms with Crippen molar-refractivity contribution in [1.82, 2.24) is 0 Å². The Morgan fingerprint density at radius 1 is 1.06 bits per heavy atom. The van der Waals surface area contributed by atoms with Crippen molar-refractivity contribution in [3.63, 3.8) is 0 Å². The van der Waals surface area contributed by atoms with Crippen LogP contribution in [-0.4, -0.2) is 14.8 Å². The van der Waals surface area contributed by atoms with E-state index >= 15 is 0 Å². The smallest absolute Gasteiger partial charge is 0.149 e. The van der Waals surface area contributed by atoms with Gasteiger partial charge in [0.2, 0.25) is 0 Å². The van der Waals surface area contributed by atoms with Crippen LogP contribution in [-0.2, 0) is 0 Å². The molecular weight excluding hydrogens is 216 g/mol. The third kappa shape index (κ3) is 1.67. The van der Waals surface area contributed by atoms with Gasteiger partial charge < -0.3 is 5.11 Å². The normalized spacial score (nSPS) is 37.4. The third-order valence-corrected chi connectivity index (χ3v) is 5.44. The van der Waals surface area contributed by atoms with Crippen LogP contribution in [0.15, 0.2) is 24.3 Å². The molecule has 2 rings (SSSR count). The Morgan fingerprint density at radius 2 is 1.62 bits per heavy atom. The van der Waals surface area contributed by atoms with Gasteiger partial charge in [-0.25, -0.2) is 0 Å². The number of allylic oxidation sites excluding steroid dienone is 2. The predicted molar refractivity (Wildman–Crippen MR) is 71.4 cm³/mol. The second kappa shape index (κ2) is 3.17. The molecule has 0 aromatic carbocycles. The minimum Gasteiger partial charge on any atom is -0.374 e. The predicted octanol–water partition coefficient (Wildman–Crippen LogP) is 3.75. The molecule has 0 aromatic rings. The van der Waals surface area contributed by atoms with Gasteiger partial charge in [-0.1, -0.05) is 52.8 Å². The zero-order valence-corrected chi connectivity index (χ0v) is 11.7. The van der Waals surface area contributed by atoms with E-state index in [1.165, 1.54) is 0 Å². The van der Waals surface area contributed by atoms with Gasteiger partial charge in [0.1, 0.15) is 4.93 Å². The Balaban J connectivity index is 2.26. The molecule has 1 heterocycles. The fourth-order valence-corrected chi connectivity index (χ4v) is 4.71. The second-order valence-corrected chi connectivity index (χ2v) is 8.34. The van der Waals surface area contributed by atoms with E-state index in [0.717, 1.165) is 6.42 Å². The van der Waals surface area contributed by atoms with Crippen molar-refractivity contribution in [3.05, 3.63) is 24.3 Å². The van der Waals surface area contributed by atoms with E-state index in [9.17, 15) is 5.11 Å². The molecule has 2 unspecified atom stereocenters. The van der Waals surface area contributed by atoms with Crippen LogP contribution in [0.5, 0.6) is 0 Å². The first-order chi connectivity index (χ1) is 7.12. The molecule has 0 radical (unpaired) electrons. The fourth-order valence-electron chi connectivity index (χ4n) is 3.21. The molecule has 0 saturated carbocycles. The molecule has 1 saturated heterocycles. The summed E-state index contributed by atoms with van der Waals surface area (Å²) in [5, 5.41) is 10.5. The maximum atomic E-state index is 10.5. The number of hydrogen-bond donors (Lipinski definition) is 1. The lowest BCUT2D eigenvalue weighted by atomic mass is 9.66. The standard InChI is InChI=1S/C14H22OS/c1-11(2,3)10-12(4,5)13-8-6-7-9-14(13,15)16-13/h6-9,15H,10H2,1-5H3. The van der Waals surface area contributed by atoms with Crippen LogP contribution in [0, 0.1) is 10.8 Å². The maximum Gasteiger partial charge on any atom is 0.149 e. The van der Waals surface area contributed by atoms with Gasteiger partial charge in [0.15, 0.2) is 0 Å². The molecule has 1 nitrogen and oxygen atoms in total.